The van der Waals surface area contributed by atoms with Gasteiger partial charge in [-0.25, -0.2) is 4.99 Å². The number of aryl methyl sites for hydroxylation is 1. The molecule has 0 radical (unpaired) electrons. The smallest absolute Gasteiger partial charge is 0.245 e. The molecule has 12 heavy (non-hydrogen) atoms. The van der Waals surface area contributed by atoms with E-state index in [1.165, 1.54) is 0 Å². The normalized spacial score (nSPS) is 9.33. The summed E-state index contributed by atoms with van der Waals surface area (Å²) in [5, 5.41) is 0. The number of nitrogens with zero attached hydrogens (tertiary/aromatic N) is 2. The van der Waals surface area contributed by atoms with E-state index >= 15 is 0 Å². The zero-order valence-electron chi connectivity index (χ0n) is 6.73. The minimum Gasteiger partial charge on any atom is -0.273 e. The largest absolute Gasteiger partial charge is 0.273 e. The van der Waals surface area contributed by atoms with Crippen molar-refractivity contribution >= 4 is 12.6 Å². The second-order valence-corrected chi connectivity index (χ2v) is 2.41. The molecule has 0 fully saturated rings. The van der Waals surface area contributed by atoms with Crippen molar-refractivity contribution in [3.63, 3.8) is 0 Å². The summed E-state index contributed by atoms with van der Waals surface area (Å²) in [6, 6.07) is 3.78. The van der Waals surface area contributed by atoms with Crippen LogP contribution in [0.3, 0.4) is 0 Å². The Morgan fingerprint density at radius 1 is 1.67 bits per heavy atom. The van der Waals surface area contributed by atoms with Crippen LogP contribution in [-0.2, 0) is 11.2 Å². The molecular weight excluding hydrogens is 152 g/mol. The van der Waals surface area contributed by atoms with E-state index in [2.05, 4.69) is 16.7 Å². The number of carbonyl (C=O) groups excluding carboxylic acids is 1. The lowest BCUT2D eigenvalue weighted by atomic mass is 10.1. The zero-order chi connectivity index (χ0) is 8.81. The van der Waals surface area contributed by atoms with Gasteiger partial charge in [0.25, 0.3) is 0 Å². The highest BCUT2D eigenvalue weighted by Gasteiger charge is 1.97. The molecule has 0 saturated heterocycles. The molecule has 1 aromatic heterocycles. The van der Waals surface area contributed by atoms with E-state index in [4.69, 9.17) is 0 Å². The van der Waals surface area contributed by atoms with Gasteiger partial charge in [0.1, 0.15) is 0 Å². The molecule has 62 valence electrons. The van der Waals surface area contributed by atoms with Crippen molar-refractivity contribution in [1.82, 2.24) is 4.98 Å². The number of aromatic nitrogens is 1. The van der Waals surface area contributed by atoms with Crippen LogP contribution in [0.2, 0.25) is 0 Å². The van der Waals surface area contributed by atoms with Crippen LogP contribution in [0.25, 0.3) is 0 Å². The van der Waals surface area contributed by atoms with Gasteiger partial charge in [0.2, 0.25) is 5.91 Å². The van der Waals surface area contributed by atoms with Crippen molar-refractivity contribution in [2.45, 2.75) is 12.8 Å². The number of aliphatic imine (C=N–C) groups is 1. The van der Waals surface area contributed by atoms with Crippen LogP contribution in [0.5, 0.6) is 0 Å². The second-order valence-electron chi connectivity index (χ2n) is 2.41. The molecule has 0 aliphatic heterocycles. The van der Waals surface area contributed by atoms with Gasteiger partial charge < -0.3 is 0 Å². The lowest BCUT2D eigenvalue weighted by molar-refractivity contribution is -0.117. The molecule has 0 saturated carbocycles. The predicted molar refractivity (Wildman–Crippen MR) is 47.1 cm³/mol. The lowest BCUT2D eigenvalue weighted by Crippen LogP contribution is -1.95. The van der Waals surface area contributed by atoms with Gasteiger partial charge in [0.15, 0.2) is 0 Å². The van der Waals surface area contributed by atoms with Gasteiger partial charge in [-0.2, -0.15) is 0 Å². The van der Waals surface area contributed by atoms with E-state index in [0.29, 0.717) is 12.8 Å². The van der Waals surface area contributed by atoms with Gasteiger partial charge in [-0.1, -0.05) is 6.07 Å². The molecule has 0 unspecified atom stereocenters. The van der Waals surface area contributed by atoms with Crippen LogP contribution in [0.1, 0.15) is 12.0 Å². The summed E-state index contributed by atoms with van der Waals surface area (Å²) in [7, 11) is 0. The summed E-state index contributed by atoms with van der Waals surface area (Å²) in [6.45, 7) is 3.16. The second kappa shape index (κ2) is 4.38. The summed E-state index contributed by atoms with van der Waals surface area (Å²) in [6.07, 6.45) is 4.55. The van der Waals surface area contributed by atoms with E-state index in [1.54, 1.807) is 12.4 Å². The summed E-state index contributed by atoms with van der Waals surface area (Å²) >= 11 is 0. The Morgan fingerprint density at radius 3 is 3.08 bits per heavy atom. The molecule has 0 spiro atoms. The first-order valence-electron chi connectivity index (χ1n) is 3.71. The molecule has 1 heterocycles. The van der Waals surface area contributed by atoms with E-state index in [9.17, 15) is 4.79 Å². The molecule has 1 aromatic rings. The Morgan fingerprint density at radius 2 is 2.50 bits per heavy atom. The highest BCUT2D eigenvalue weighted by atomic mass is 16.1. The molecule has 3 nitrogen and oxygen atoms in total. The number of carbonyl (C=O) groups is 1. The fraction of sp³-hybridized carbons (Fsp3) is 0.222. The van der Waals surface area contributed by atoms with Crippen molar-refractivity contribution < 1.29 is 4.79 Å². The first-order chi connectivity index (χ1) is 5.83. The van der Waals surface area contributed by atoms with Crippen LogP contribution in [0.4, 0.5) is 0 Å². The quantitative estimate of drug-likeness (QED) is 0.627. The molecular formula is C9H10N2O. The molecule has 0 aliphatic carbocycles. The summed E-state index contributed by atoms with van der Waals surface area (Å²) in [5.74, 6) is -0.168. The highest BCUT2D eigenvalue weighted by Crippen LogP contribution is 2.00. The van der Waals surface area contributed by atoms with Gasteiger partial charge >= 0.3 is 0 Å². The van der Waals surface area contributed by atoms with E-state index in [0.717, 1.165) is 5.56 Å². The maximum atomic E-state index is 10.7. The number of hydrogen-bond donors (Lipinski definition) is 0. The monoisotopic (exact) mass is 162 g/mol. The summed E-state index contributed by atoms with van der Waals surface area (Å²) in [4.78, 5) is 18.0. The first-order valence-corrected chi connectivity index (χ1v) is 3.71. The fourth-order valence-electron chi connectivity index (χ4n) is 0.876. The number of rotatable bonds is 3. The van der Waals surface area contributed by atoms with E-state index in [1.807, 2.05) is 12.1 Å². The third-order valence-corrected chi connectivity index (χ3v) is 1.53. The molecule has 3 heteroatoms. The maximum Gasteiger partial charge on any atom is 0.245 e. The minimum atomic E-state index is -0.168. The fourth-order valence-corrected chi connectivity index (χ4v) is 0.876. The summed E-state index contributed by atoms with van der Waals surface area (Å²) < 4.78 is 0. The highest BCUT2D eigenvalue weighted by molar-refractivity contribution is 5.80. The SMILES string of the molecule is C=NC(=O)CCc1cccnc1. The zero-order valence-corrected chi connectivity index (χ0v) is 6.73. The van der Waals surface area contributed by atoms with Gasteiger partial charge in [0.05, 0.1) is 0 Å². The maximum absolute atomic E-state index is 10.7. The Labute approximate surface area is 71.2 Å². The standard InChI is InChI=1S/C9H10N2O/c1-10-9(12)5-4-8-3-2-6-11-7-8/h2-3,6-7H,1,4-5H2. The van der Waals surface area contributed by atoms with Crippen LogP contribution in [0.15, 0.2) is 29.5 Å². The van der Waals surface area contributed by atoms with Crippen molar-refractivity contribution in [3.8, 4) is 0 Å². The molecule has 0 N–H and O–H groups in total. The Bertz CT molecular complexity index is 269. The van der Waals surface area contributed by atoms with Crippen molar-refractivity contribution in [2.24, 2.45) is 4.99 Å². The Balaban J connectivity index is 2.43. The minimum absolute atomic E-state index is 0.168. The topological polar surface area (TPSA) is 42.3 Å². The lowest BCUT2D eigenvalue weighted by Gasteiger charge is -1.95. The third kappa shape index (κ3) is 2.62. The van der Waals surface area contributed by atoms with Crippen molar-refractivity contribution in [3.05, 3.63) is 30.1 Å². The Hall–Kier alpha value is -1.51. The van der Waals surface area contributed by atoms with E-state index < -0.39 is 0 Å². The van der Waals surface area contributed by atoms with Crippen molar-refractivity contribution in [2.75, 3.05) is 0 Å². The molecule has 0 bridgehead atoms. The number of pyridine rings is 1. The van der Waals surface area contributed by atoms with E-state index in [-0.39, 0.29) is 5.91 Å². The molecule has 1 amide bonds. The average Bonchev–Trinajstić information content (AvgIpc) is 2.16. The van der Waals surface area contributed by atoms with Crippen molar-refractivity contribution in [1.29, 1.82) is 0 Å². The molecule has 0 atom stereocenters. The molecule has 0 aliphatic rings. The van der Waals surface area contributed by atoms with Crippen LogP contribution < -0.4 is 0 Å². The van der Waals surface area contributed by atoms with Crippen LogP contribution >= 0.6 is 0 Å². The number of amides is 1. The molecule has 1 rings (SSSR count). The van der Waals surface area contributed by atoms with Gasteiger partial charge in [-0.3, -0.25) is 9.78 Å². The average molecular weight is 162 g/mol. The van der Waals surface area contributed by atoms with Gasteiger partial charge in [-0.05, 0) is 24.8 Å². The van der Waals surface area contributed by atoms with Gasteiger partial charge in [-0.15, -0.1) is 0 Å². The van der Waals surface area contributed by atoms with Gasteiger partial charge in [0, 0.05) is 18.8 Å². The number of hydrogen-bond acceptors (Lipinski definition) is 2. The first kappa shape index (κ1) is 8.59. The third-order valence-electron chi connectivity index (χ3n) is 1.53. The van der Waals surface area contributed by atoms with Crippen LogP contribution in [-0.4, -0.2) is 17.6 Å². The van der Waals surface area contributed by atoms with Crippen LogP contribution in [0, 0.1) is 0 Å². The summed E-state index contributed by atoms with van der Waals surface area (Å²) in [5.41, 5.74) is 1.05. The molecule has 0 aromatic carbocycles. The predicted octanol–water partition coefficient (Wildman–Crippen LogP) is 1.24. The Kier molecular flexibility index (Phi) is 3.14.